The highest BCUT2D eigenvalue weighted by Gasteiger charge is 2.08. The lowest BCUT2D eigenvalue weighted by molar-refractivity contribution is 0.311. The van der Waals surface area contributed by atoms with Crippen molar-refractivity contribution in [3.8, 4) is 17.2 Å². The molecule has 0 atom stereocenters. The number of nitrogens with one attached hydrogen (secondary N) is 2. The molecule has 0 bridgehead atoms. The molecule has 0 aromatic heterocycles. The van der Waals surface area contributed by atoms with E-state index < -0.39 is 0 Å². The summed E-state index contributed by atoms with van der Waals surface area (Å²) in [6.07, 6.45) is 1.73. The molecule has 0 saturated heterocycles. The monoisotopic (exact) mass is 497 g/mol. The SMILES string of the molecule is C=CCOc1ccccc1CNC(=NC)Nc1ccc(OCC)c(OC)c1.I. The van der Waals surface area contributed by atoms with Crippen LogP contribution in [0.1, 0.15) is 12.5 Å². The Bertz CT molecular complexity index is 781. The topological polar surface area (TPSA) is 64.1 Å². The molecule has 0 radical (unpaired) electrons. The summed E-state index contributed by atoms with van der Waals surface area (Å²) in [6, 6.07) is 13.5. The van der Waals surface area contributed by atoms with Crippen LogP contribution < -0.4 is 24.8 Å². The van der Waals surface area contributed by atoms with Gasteiger partial charge in [-0.15, -0.1) is 24.0 Å². The molecule has 6 nitrogen and oxygen atoms in total. The highest BCUT2D eigenvalue weighted by atomic mass is 127. The zero-order valence-electron chi connectivity index (χ0n) is 16.5. The summed E-state index contributed by atoms with van der Waals surface area (Å²) in [4.78, 5) is 4.27. The highest BCUT2D eigenvalue weighted by molar-refractivity contribution is 14.0. The number of aliphatic imine (C=N–C) groups is 1. The van der Waals surface area contributed by atoms with Gasteiger partial charge in [-0.25, -0.2) is 0 Å². The van der Waals surface area contributed by atoms with E-state index in [1.807, 2.05) is 49.4 Å². The first kappa shape index (κ1) is 23.6. The summed E-state index contributed by atoms with van der Waals surface area (Å²) < 4.78 is 16.6. The molecule has 0 aliphatic carbocycles. The van der Waals surface area contributed by atoms with Crippen LogP contribution in [0.15, 0.2) is 60.1 Å². The standard InChI is InChI=1S/C21H27N3O3.HI/c1-5-13-27-18-10-8-7-9-16(18)15-23-21(22-3)24-17-11-12-19(26-6-2)20(14-17)25-4;/h5,7-12,14H,1,6,13,15H2,2-4H3,(H2,22,23,24);1H. The van der Waals surface area contributed by atoms with Crippen molar-refractivity contribution >= 4 is 35.6 Å². The molecular formula is C21H28IN3O3. The van der Waals surface area contributed by atoms with Crippen LogP contribution in [0.3, 0.4) is 0 Å². The Balaban J connectivity index is 0.00000392. The minimum absolute atomic E-state index is 0. The Morgan fingerprint density at radius 3 is 2.57 bits per heavy atom. The number of halogens is 1. The van der Waals surface area contributed by atoms with Gasteiger partial charge < -0.3 is 24.8 Å². The number of methoxy groups -OCH3 is 1. The van der Waals surface area contributed by atoms with Crippen molar-refractivity contribution in [2.75, 3.05) is 32.7 Å². The second-order valence-electron chi connectivity index (χ2n) is 5.56. The van der Waals surface area contributed by atoms with Gasteiger partial charge in [0.25, 0.3) is 0 Å². The third-order valence-corrected chi connectivity index (χ3v) is 3.73. The van der Waals surface area contributed by atoms with E-state index >= 15 is 0 Å². The van der Waals surface area contributed by atoms with Crippen LogP contribution in [0, 0.1) is 0 Å². The summed E-state index contributed by atoms with van der Waals surface area (Å²) in [5.74, 6) is 2.84. The zero-order valence-corrected chi connectivity index (χ0v) is 18.9. The maximum absolute atomic E-state index is 5.69. The van der Waals surface area contributed by atoms with Gasteiger partial charge >= 0.3 is 0 Å². The molecule has 2 rings (SSSR count). The van der Waals surface area contributed by atoms with Crippen molar-refractivity contribution in [2.45, 2.75) is 13.5 Å². The maximum Gasteiger partial charge on any atom is 0.195 e. The van der Waals surface area contributed by atoms with Gasteiger partial charge in [0, 0.05) is 30.9 Å². The number of nitrogens with zero attached hydrogens (tertiary/aromatic N) is 1. The molecule has 0 aliphatic rings. The smallest absolute Gasteiger partial charge is 0.195 e. The van der Waals surface area contributed by atoms with Gasteiger partial charge in [0.1, 0.15) is 12.4 Å². The van der Waals surface area contributed by atoms with E-state index in [-0.39, 0.29) is 24.0 Å². The van der Waals surface area contributed by atoms with E-state index in [2.05, 4.69) is 22.2 Å². The third kappa shape index (κ3) is 6.95. The number of anilines is 1. The predicted octanol–water partition coefficient (Wildman–Crippen LogP) is 4.46. The van der Waals surface area contributed by atoms with Gasteiger partial charge in [-0.1, -0.05) is 30.9 Å². The Morgan fingerprint density at radius 1 is 1.11 bits per heavy atom. The summed E-state index contributed by atoms with van der Waals surface area (Å²) in [7, 11) is 3.34. The summed E-state index contributed by atoms with van der Waals surface area (Å²) in [6.45, 7) is 7.24. The summed E-state index contributed by atoms with van der Waals surface area (Å²) in [5.41, 5.74) is 1.88. The second kappa shape index (κ2) is 12.9. The molecule has 2 aromatic rings. The van der Waals surface area contributed by atoms with Crippen molar-refractivity contribution in [2.24, 2.45) is 4.99 Å². The summed E-state index contributed by atoms with van der Waals surface area (Å²) >= 11 is 0. The number of benzene rings is 2. The fourth-order valence-electron chi connectivity index (χ4n) is 2.45. The average Bonchev–Trinajstić information content (AvgIpc) is 2.71. The molecule has 0 saturated carbocycles. The highest BCUT2D eigenvalue weighted by Crippen LogP contribution is 2.30. The first-order valence-corrected chi connectivity index (χ1v) is 8.81. The fourth-order valence-corrected chi connectivity index (χ4v) is 2.45. The lowest BCUT2D eigenvalue weighted by Gasteiger charge is -2.16. The number of rotatable bonds is 9. The van der Waals surface area contributed by atoms with Gasteiger partial charge in [-0.2, -0.15) is 0 Å². The molecule has 0 fully saturated rings. The van der Waals surface area contributed by atoms with Crippen molar-refractivity contribution in [1.29, 1.82) is 0 Å². The first-order chi connectivity index (χ1) is 13.2. The number of ether oxygens (including phenoxy) is 3. The Kier molecular flexibility index (Phi) is 10.9. The molecule has 2 aromatic carbocycles. The molecule has 0 spiro atoms. The molecule has 0 heterocycles. The van der Waals surface area contributed by atoms with Gasteiger partial charge in [0.05, 0.1) is 13.7 Å². The van der Waals surface area contributed by atoms with Crippen LogP contribution in [0.2, 0.25) is 0 Å². The number of hydrogen-bond acceptors (Lipinski definition) is 4. The van der Waals surface area contributed by atoms with Crippen LogP contribution >= 0.6 is 24.0 Å². The second-order valence-corrected chi connectivity index (χ2v) is 5.56. The van der Waals surface area contributed by atoms with Gasteiger partial charge in [-0.05, 0) is 25.1 Å². The van der Waals surface area contributed by atoms with Gasteiger partial charge in [0.2, 0.25) is 0 Å². The quantitative estimate of drug-likeness (QED) is 0.232. The van der Waals surface area contributed by atoms with Crippen LogP contribution in [0.25, 0.3) is 0 Å². The van der Waals surface area contributed by atoms with Crippen molar-refractivity contribution in [3.05, 3.63) is 60.7 Å². The molecule has 152 valence electrons. The molecule has 28 heavy (non-hydrogen) atoms. The average molecular weight is 497 g/mol. The Morgan fingerprint density at radius 2 is 1.89 bits per heavy atom. The number of guanidine groups is 1. The largest absolute Gasteiger partial charge is 0.493 e. The molecule has 7 heteroatoms. The fraction of sp³-hybridized carbons (Fsp3) is 0.286. The van der Waals surface area contributed by atoms with E-state index in [1.165, 1.54) is 0 Å². The lowest BCUT2D eigenvalue weighted by Crippen LogP contribution is -2.30. The maximum atomic E-state index is 5.69. The van der Waals surface area contributed by atoms with E-state index in [0.717, 1.165) is 17.0 Å². The first-order valence-electron chi connectivity index (χ1n) is 8.81. The van der Waals surface area contributed by atoms with Crippen LogP contribution in [0.5, 0.6) is 17.2 Å². The lowest BCUT2D eigenvalue weighted by atomic mass is 10.2. The Hall–Kier alpha value is -2.42. The van der Waals surface area contributed by atoms with Crippen LogP contribution in [-0.4, -0.2) is 33.3 Å². The van der Waals surface area contributed by atoms with Crippen molar-refractivity contribution < 1.29 is 14.2 Å². The normalized spacial score (nSPS) is 10.5. The number of hydrogen-bond donors (Lipinski definition) is 2. The zero-order chi connectivity index (χ0) is 19.5. The molecular weight excluding hydrogens is 469 g/mol. The van der Waals surface area contributed by atoms with E-state index in [0.29, 0.717) is 37.2 Å². The predicted molar refractivity (Wildman–Crippen MR) is 126 cm³/mol. The van der Waals surface area contributed by atoms with Crippen LogP contribution in [-0.2, 0) is 6.54 Å². The molecule has 0 aliphatic heterocycles. The van der Waals surface area contributed by atoms with Crippen molar-refractivity contribution in [1.82, 2.24) is 5.32 Å². The minimum Gasteiger partial charge on any atom is -0.493 e. The van der Waals surface area contributed by atoms with Gasteiger partial charge in [-0.3, -0.25) is 4.99 Å². The van der Waals surface area contributed by atoms with Gasteiger partial charge in [0.15, 0.2) is 17.5 Å². The summed E-state index contributed by atoms with van der Waals surface area (Å²) in [5, 5.41) is 6.54. The Labute approximate surface area is 184 Å². The third-order valence-electron chi connectivity index (χ3n) is 3.73. The molecule has 2 N–H and O–H groups in total. The number of para-hydroxylation sites is 1. The molecule has 0 amide bonds. The van der Waals surface area contributed by atoms with E-state index in [1.54, 1.807) is 20.2 Å². The van der Waals surface area contributed by atoms with E-state index in [9.17, 15) is 0 Å². The van der Waals surface area contributed by atoms with Crippen LogP contribution in [0.4, 0.5) is 5.69 Å². The van der Waals surface area contributed by atoms with E-state index in [4.69, 9.17) is 14.2 Å². The van der Waals surface area contributed by atoms with Crippen molar-refractivity contribution in [3.63, 3.8) is 0 Å². The minimum atomic E-state index is 0. The molecule has 0 unspecified atom stereocenters.